The van der Waals surface area contributed by atoms with Gasteiger partial charge in [0.25, 0.3) is 0 Å². The average Bonchev–Trinajstić information content (AvgIpc) is 2.26. The van der Waals surface area contributed by atoms with Crippen LogP contribution in [0.4, 0.5) is 0 Å². The summed E-state index contributed by atoms with van der Waals surface area (Å²) in [5.41, 5.74) is 9.29. The van der Waals surface area contributed by atoms with Crippen molar-refractivity contribution in [2.24, 2.45) is 5.73 Å². The molecule has 0 radical (unpaired) electrons. The predicted octanol–water partition coefficient (Wildman–Crippen LogP) is 3.62. The normalized spacial score (nSPS) is 20.0. The summed E-state index contributed by atoms with van der Waals surface area (Å²) in [5.74, 6) is 0.637. The number of unbranched alkanes of at least 4 members (excludes halogenated alkanes) is 3. The Labute approximate surface area is 99.0 Å². The van der Waals surface area contributed by atoms with Gasteiger partial charge in [0.15, 0.2) is 0 Å². The summed E-state index contributed by atoms with van der Waals surface area (Å²) in [6.07, 6.45) is 7.70. The summed E-state index contributed by atoms with van der Waals surface area (Å²) < 4.78 is 0. The second kappa shape index (κ2) is 5.49. The van der Waals surface area contributed by atoms with Gasteiger partial charge in [0.2, 0.25) is 0 Å². The van der Waals surface area contributed by atoms with Gasteiger partial charge in [-0.15, -0.1) is 0 Å². The molecule has 16 heavy (non-hydrogen) atoms. The lowest BCUT2D eigenvalue weighted by molar-refractivity contribution is 0.438. The molecule has 0 spiro atoms. The van der Waals surface area contributed by atoms with Crippen molar-refractivity contribution < 1.29 is 0 Å². The van der Waals surface area contributed by atoms with E-state index in [4.69, 9.17) is 5.73 Å². The van der Waals surface area contributed by atoms with Crippen LogP contribution in [-0.4, -0.2) is 6.04 Å². The molecular weight excluding hydrogens is 194 g/mol. The third kappa shape index (κ3) is 2.46. The first kappa shape index (κ1) is 11.7. The van der Waals surface area contributed by atoms with Gasteiger partial charge in [-0.25, -0.2) is 0 Å². The molecule has 0 fully saturated rings. The van der Waals surface area contributed by atoms with Crippen LogP contribution in [-0.2, 0) is 6.42 Å². The first-order chi connectivity index (χ1) is 7.83. The SMILES string of the molecule is CCCCCCC(N)C1Cc2ccccc21. The van der Waals surface area contributed by atoms with E-state index in [0.29, 0.717) is 12.0 Å². The van der Waals surface area contributed by atoms with Crippen LogP contribution >= 0.6 is 0 Å². The van der Waals surface area contributed by atoms with Gasteiger partial charge in [-0.1, -0.05) is 56.9 Å². The van der Waals surface area contributed by atoms with Gasteiger partial charge in [-0.05, 0) is 24.0 Å². The van der Waals surface area contributed by atoms with Crippen molar-refractivity contribution in [3.05, 3.63) is 35.4 Å². The summed E-state index contributed by atoms with van der Waals surface area (Å²) in [4.78, 5) is 0. The van der Waals surface area contributed by atoms with Gasteiger partial charge >= 0.3 is 0 Å². The van der Waals surface area contributed by atoms with E-state index in [9.17, 15) is 0 Å². The zero-order chi connectivity index (χ0) is 11.4. The molecule has 1 aliphatic rings. The van der Waals surface area contributed by atoms with Crippen LogP contribution in [0.15, 0.2) is 24.3 Å². The van der Waals surface area contributed by atoms with Gasteiger partial charge < -0.3 is 5.73 Å². The van der Waals surface area contributed by atoms with Crippen LogP contribution < -0.4 is 5.73 Å². The first-order valence-electron chi connectivity index (χ1n) is 6.66. The maximum Gasteiger partial charge on any atom is 0.0111 e. The minimum Gasteiger partial charge on any atom is -0.327 e. The number of rotatable bonds is 6. The second-order valence-electron chi connectivity index (χ2n) is 5.02. The minimum absolute atomic E-state index is 0.381. The van der Waals surface area contributed by atoms with Gasteiger partial charge in [0.1, 0.15) is 0 Å². The Bertz CT molecular complexity index is 332. The molecule has 1 nitrogen and oxygen atoms in total. The van der Waals surface area contributed by atoms with Crippen LogP contribution in [0.1, 0.15) is 56.1 Å². The Balaban J connectivity index is 1.78. The molecule has 0 saturated heterocycles. The third-order valence-electron chi connectivity index (χ3n) is 3.80. The highest BCUT2D eigenvalue weighted by atomic mass is 14.7. The average molecular weight is 217 g/mol. The molecule has 2 unspecified atom stereocenters. The Hall–Kier alpha value is -0.820. The summed E-state index contributed by atoms with van der Waals surface area (Å²) >= 11 is 0. The smallest absolute Gasteiger partial charge is 0.0111 e. The fourth-order valence-corrected chi connectivity index (χ4v) is 2.69. The summed E-state index contributed by atoms with van der Waals surface area (Å²) in [6.45, 7) is 2.25. The largest absolute Gasteiger partial charge is 0.327 e. The van der Waals surface area contributed by atoms with Crippen molar-refractivity contribution >= 4 is 0 Å². The van der Waals surface area contributed by atoms with Gasteiger partial charge in [0, 0.05) is 12.0 Å². The third-order valence-corrected chi connectivity index (χ3v) is 3.80. The second-order valence-corrected chi connectivity index (χ2v) is 5.02. The minimum atomic E-state index is 0.381. The maximum atomic E-state index is 6.28. The highest BCUT2D eigenvalue weighted by Gasteiger charge is 2.29. The lowest BCUT2D eigenvalue weighted by Gasteiger charge is -2.34. The van der Waals surface area contributed by atoms with Crippen LogP contribution in [0.3, 0.4) is 0 Å². The molecule has 0 aliphatic heterocycles. The van der Waals surface area contributed by atoms with Gasteiger partial charge in [-0.2, -0.15) is 0 Å². The van der Waals surface area contributed by atoms with Crippen molar-refractivity contribution in [1.29, 1.82) is 0 Å². The van der Waals surface area contributed by atoms with Crippen LogP contribution in [0.25, 0.3) is 0 Å². The van der Waals surface area contributed by atoms with Crippen molar-refractivity contribution in [2.45, 2.75) is 57.4 Å². The van der Waals surface area contributed by atoms with E-state index >= 15 is 0 Å². The highest BCUT2D eigenvalue weighted by Crippen LogP contribution is 2.37. The maximum absolute atomic E-state index is 6.28. The van der Waals surface area contributed by atoms with E-state index in [1.165, 1.54) is 49.7 Å². The Morgan fingerprint density at radius 1 is 1.25 bits per heavy atom. The molecule has 2 rings (SSSR count). The molecule has 1 aromatic rings. The number of benzene rings is 1. The quantitative estimate of drug-likeness (QED) is 0.724. The molecule has 0 aromatic heterocycles. The highest BCUT2D eigenvalue weighted by molar-refractivity contribution is 5.41. The molecule has 1 aromatic carbocycles. The summed E-state index contributed by atoms with van der Waals surface area (Å²) in [6, 6.07) is 9.12. The predicted molar refractivity (Wildman–Crippen MR) is 69.6 cm³/mol. The molecule has 2 atom stereocenters. The molecule has 1 aliphatic carbocycles. The Morgan fingerprint density at radius 3 is 2.81 bits per heavy atom. The molecule has 0 saturated carbocycles. The molecule has 0 bridgehead atoms. The Morgan fingerprint density at radius 2 is 2.06 bits per heavy atom. The van der Waals surface area contributed by atoms with Crippen LogP contribution in [0, 0.1) is 0 Å². The monoisotopic (exact) mass is 217 g/mol. The van der Waals surface area contributed by atoms with Crippen LogP contribution in [0.2, 0.25) is 0 Å². The molecule has 0 amide bonds. The number of nitrogens with two attached hydrogens (primary N) is 1. The van der Waals surface area contributed by atoms with E-state index in [2.05, 4.69) is 31.2 Å². The van der Waals surface area contributed by atoms with Crippen molar-refractivity contribution in [2.75, 3.05) is 0 Å². The fourth-order valence-electron chi connectivity index (χ4n) is 2.69. The van der Waals surface area contributed by atoms with Crippen molar-refractivity contribution in [3.8, 4) is 0 Å². The number of hydrogen-bond donors (Lipinski definition) is 1. The van der Waals surface area contributed by atoms with Crippen molar-refractivity contribution in [1.82, 2.24) is 0 Å². The molecule has 0 heterocycles. The molecule has 88 valence electrons. The zero-order valence-electron chi connectivity index (χ0n) is 10.3. The lowest BCUT2D eigenvalue weighted by atomic mass is 9.72. The van der Waals surface area contributed by atoms with E-state index < -0.39 is 0 Å². The van der Waals surface area contributed by atoms with Crippen molar-refractivity contribution in [3.63, 3.8) is 0 Å². The molecule has 1 heteroatoms. The summed E-state index contributed by atoms with van der Waals surface area (Å²) in [5, 5.41) is 0. The van der Waals surface area contributed by atoms with E-state index in [1.54, 1.807) is 0 Å². The standard InChI is InChI=1S/C15H23N/c1-2-3-4-5-10-15(16)14-11-12-8-6-7-9-13(12)14/h6-9,14-15H,2-5,10-11,16H2,1H3. The number of hydrogen-bond acceptors (Lipinski definition) is 1. The number of fused-ring (bicyclic) bond motifs is 1. The van der Waals surface area contributed by atoms with E-state index in [0.717, 1.165) is 0 Å². The molecular formula is C15H23N. The Kier molecular flexibility index (Phi) is 4.00. The first-order valence-corrected chi connectivity index (χ1v) is 6.66. The van der Waals surface area contributed by atoms with Gasteiger partial charge in [0.05, 0.1) is 0 Å². The van der Waals surface area contributed by atoms with Crippen LogP contribution in [0.5, 0.6) is 0 Å². The lowest BCUT2D eigenvalue weighted by Crippen LogP contribution is -2.35. The topological polar surface area (TPSA) is 26.0 Å². The van der Waals surface area contributed by atoms with Gasteiger partial charge in [-0.3, -0.25) is 0 Å². The fraction of sp³-hybridized carbons (Fsp3) is 0.600. The molecule has 2 N–H and O–H groups in total. The summed E-state index contributed by atoms with van der Waals surface area (Å²) in [7, 11) is 0. The van der Waals surface area contributed by atoms with E-state index in [-0.39, 0.29) is 0 Å². The van der Waals surface area contributed by atoms with E-state index in [1.807, 2.05) is 0 Å². The zero-order valence-corrected chi connectivity index (χ0v) is 10.3.